The van der Waals surface area contributed by atoms with Crippen molar-refractivity contribution in [2.45, 2.75) is 13.5 Å². The molecule has 1 aromatic heterocycles. The number of nitrogens with two attached hydrogens (primary N) is 1. The highest BCUT2D eigenvalue weighted by molar-refractivity contribution is 7.84. The fraction of sp³-hybridized carbons (Fsp3) is 0.500. The van der Waals surface area contributed by atoms with Crippen molar-refractivity contribution in [3.05, 3.63) is 17.5 Å². The maximum absolute atomic E-state index is 10.4. The highest BCUT2D eigenvalue weighted by Crippen LogP contribution is 2.06. The molecule has 0 amide bonds. The summed E-state index contributed by atoms with van der Waals surface area (Å²) in [6, 6.07) is 0. The molecule has 13 heavy (non-hydrogen) atoms. The average molecular weight is 205 g/mol. The minimum atomic E-state index is -3.88. The highest BCUT2D eigenvalue weighted by atomic mass is 32.2. The molecule has 7 heteroatoms. The molecule has 6 nitrogen and oxygen atoms in total. The van der Waals surface area contributed by atoms with E-state index in [1.54, 1.807) is 17.9 Å². The maximum Gasteiger partial charge on any atom is 0.333 e. The van der Waals surface area contributed by atoms with E-state index in [1.165, 1.54) is 0 Å². The van der Waals surface area contributed by atoms with Crippen LogP contribution in [-0.4, -0.2) is 18.2 Å². The third-order valence-electron chi connectivity index (χ3n) is 1.47. The van der Waals surface area contributed by atoms with E-state index < -0.39 is 10.3 Å². The predicted molar refractivity (Wildman–Crippen MR) is 45.8 cm³/mol. The molecule has 0 aliphatic carbocycles. The molecule has 1 aromatic rings. The number of aryl methyl sites for hydroxylation is 2. The summed E-state index contributed by atoms with van der Waals surface area (Å²) in [5, 5.41) is 8.64. The zero-order valence-corrected chi connectivity index (χ0v) is 8.21. The molecule has 0 aliphatic heterocycles. The van der Waals surface area contributed by atoms with Gasteiger partial charge in [0, 0.05) is 13.2 Å². The smallest absolute Gasteiger partial charge is 0.275 e. The van der Waals surface area contributed by atoms with Gasteiger partial charge in [-0.3, -0.25) is 8.86 Å². The summed E-state index contributed by atoms with van der Waals surface area (Å²) in [7, 11) is -2.14. The molecule has 0 spiro atoms. The van der Waals surface area contributed by atoms with Crippen molar-refractivity contribution < 1.29 is 12.6 Å². The van der Waals surface area contributed by atoms with E-state index in [2.05, 4.69) is 14.4 Å². The van der Waals surface area contributed by atoms with E-state index in [1.807, 2.05) is 6.92 Å². The highest BCUT2D eigenvalue weighted by Gasteiger charge is 2.07. The van der Waals surface area contributed by atoms with Gasteiger partial charge in [-0.1, -0.05) is 0 Å². The number of nitrogens with zero attached hydrogens (tertiary/aromatic N) is 2. The Balaban J connectivity index is 2.70. The van der Waals surface area contributed by atoms with Crippen LogP contribution in [0.25, 0.3) is 0 Å². The van der Waals surface area contributed by atoms with Crippen molar-refractivity contribution in [3.8, 4) is 0 Å². The minimum absolute atomic E-state index is 0.120. The molecular formula is C6H11N3O3S. The molecule has 0 bridgehead atoms. The van der Waals surface area contributed by atoms with Crippen LogP contribution in [-0.2, 0) is 28.1 Å². The molecule has 0 fully saturated rings. The predicted octanol–water partition coefficient (Wildman–Crippen LogP) is -0.551. The molecule has 0 saturated carbocycles. The van der Waals surface area contributed by atoms with Crippen LogP contribution < -0.4 is 5.14 Å². The fourth-order valence-electron chi connectivity index (χ4n) is 0.934. The Labute approximate surface area is 76.6 Å². The van der Waals surface area contributed by atoms with Crippen LogP contribution >= 0.6 is 0 Å². The molecular weight excluding hydrogens is 194 g/mol. The Bertz CT molecular complexity index is 395. The maximum atomic E-state index is 10.4. The first kappa shape index (κ1) is 10.2. The lowest BCUT2D eigenvalue weighted by atomic mass is 10.3. The van der Waals surface area contributed by atoms with Gasteiger partial charge in [-0.2, -0.15) is 13.5 Å². The van der Waals surface area contributed by atoms with Crippen molar-refractivity contribution in [2.75, 3.05) is 0 Å². The van der Waals surface area contributed by atoms with Gasteiger partial charge < -0.3 is 0 Å². The first-order valence-corrected chi connectivity index (χ1v) is 5.02. The van der Waals surface area contributed by atoms with Crippen molar-refractivity contribution in [1.29, 1.82) is 0 Å². The normalized spacial score (nSPS) is 11.9. The summed E-state index contributed by atoms with van der Waals surface area (Å²) in [6.45, 7) is 1.69. The zero-order valence-electron chi connectivity index (χ0n) is 7.39. The van der Waals surface area contributed by atoms with Crippen LogP contribution in [0.3, 0.4) is 0 Å². The largest absolute Gasteiger partial charge is 0.333 e. The standard InChI is InChI=1S/C6H11N3O3S/c1-5-3-9(2)8-6(5)4-12-13(7,10)11/h3H,4H2,1-2H3,(H2,7,10,11). The van der Waals surface area contributed by atoms with Crippen molar-refractivity contribution in [2.24, 2.45) is 12.2 Å². The Morgan fingerprint density at radius 1 is 1.69 bits per heavy atom. The summed E-state index contributed by atoms with van der Waals surface area (Å²) in [4.78, 5) is 0. The number of rotatable bonds is 3. The van der Waals surface area contributed by atoms with Gasteiger partial charge in [-0.05, 0) is 12.5 Å². The molecule has 0 aromatic carbocycles. The summed E-state index contributed by atoms with van der Waals surface area (Å²) in [5.74, 6) is 0. The van der Waals surface area contributed by atoms with E-state index in [0.29, 0.717) is 5.69 Å². The molecule has 2 N–H and O–H groups in total. The van der Waals surface area contributed by atoms with Gasteiger partial charge in [0.1, 0.15) is 6.61 Å². The van der Waals surface area contributed by atoms with Gasteiger partial charge in [0.2, 0.25) is 0 Å². The van der Waals surface area contributed by atoms with Gasteiger partial charge in [0.15, 0.2) is 0 Å². The van der Waals surface area contributed by atoms with Crippen LogP contribution in [0, 0.1) is 6.92 Å². The van der Waals surface area contributed by atoms with Crippen molar-refractivity contribution >= 4 is 10.3 Å². The van der Waals surface area contributed by atoms with Gasteiger partial charge in [-0.15, -0.1) is 0 Å². The van der Waals surface area contributed by atoms with E-state index in [0.717, 1.165) is 5.56 Å². The average Bonchev–Trinajstić information content (AvgIpc) is 2.24. The van der Waals surface area contributed by atoms with Crippen LogP contribution in [0.1, 0.15) is 11.3 Å². The number of hydrogen-bond donors (Lipinski definition) is 1. The molecule has 1 heterocycles. The van der Waals surface area contributed by atoms with Crippen molar-refractivity contribution in [1.82, 2.24) is 9.78 Å². The Morgan fingerprint density at radius 3 is 2.69 bits per heavy atom. The SMILES string of the molecule is Cc1cn(C)nc1COS(N)(=O)=O. The second-order valence-electron chi connectivity index (χ2n) is 2.69. The molecule has 1 rings (SSSR count). The Morgan fingerprint density at radius 2 is 2.31 bits per heavy atom. The van der Waals surface area contributed by atoms with Crippen LogP contribution in [0.5, 0.6) is 0 Å². The van der Waals surface area contributed by atoms with Gasteiger partial charge in [0.05, 0.1) is 5.69 Å². The Kier molecular flexibility index (Phi) is 2.69. The van der Waals surface area contributed by atoms with Gasteiger partial charge in [0.25, 0.3) is 0 Å². The fourth-order valence-corrected chi connectivity index (χ4v) is 1.21. The van der Waals surface area contributed by atoms with E-state index in [9.17, 15) is 8.42 Å². The molecule has 0 radical (unpaired) electrons. The van der Waals surface area contributed by atoms with E-state index in [4.69, 9.17) is 0 Å². The van der Waals surface area contributed by atoms with Crippen LogP contribution in [0.2, 0.25) is 0 Å². The molecule has 0 unspecified atom stereocenters. The molecule has 74 valence electrons. The first-order valence-electron chi connectivity index (χ1n) is 3.55. The summed E-state index contributed by atoms with van der Waals surface area (Å²) in [5.41, 5.74) is 1.43. The zero-order chi connectivity index (χ0) is 10.1. The monoisotopic (exact) mass is 205 g/mol. The van der Waals surface area contributed by atoms with Crippen LogP contribution in [0.15, 0.2) is 6.20 Å². The van der Waals surface area contributed by atoms with E-state index in [-0.39, 0.29) is 6.61 Å². The summed E-state index contributed by atoms with van der Waals surface area (Å²) in [6.07, 6.45) is 1.77. The number of hydrogen-bond acceptors (Lipinski definition) is 4. The van der Waals surface area contributed by atoms with Crippen molar-refractivity contribution in [3.63, 3.8) is 0 Å². The van der Waals surface area contributed by atoms with Gasteiger partial charge in [-0.25, -0.2) is 5.14 Å². The lowest BCUT2D eigenvalue weighted by Gasteiger charge is -1.97. The topological polar surface area (TPSA) is 87.2 Å². The molecule has 0 atom stereocenters. The first-order chi connectivity index (χ1) is 5.88. The third-order valence-corrected chi connectivity index (χ3v) is 1.92. The van der Waals surface area contributed by atoms with Crippen LogP contribution in [0.4, 0.5) is 0 Å². The second-order valence-corrected chi connectivity index (χ2v) is 3.91. The van der Waals surface area contributed by atoms with Gasteiger partial charge >= 0.3 is 10.3 Å². The third kappa shape index (κ3) is 3.13. The number of aromatic nitrogens is 2. The summed E-state index contributed by atoms with van der Waals surface area (Å²) >= 11 is 0. The summed E-state index contributed by atoms with van der Waals surface area (Å²) < 4.78 is 26.9. The van der Waals surface area contributed by atoms with E-state index >= 15 is 0 Å². The minimum Gasteiger partial charge on any atom is -0.275 e. The second kappa shape index (κ2) is 3.44. The molecule has 0 aliphatic rings. The quantitative estimate of drug-likeness (QED) is 0.717. The lowest BCUT2D eigenvalue weighted by Crippen LogP contribution is -2.16. The molecule has 0 saturated heterocycles. The Hall–Kier alpha value is -0.920. The lowest BCUT2D eigenvalue weighted by molar-refractivity contribution is 0.302.